The van der Waals surface area contributed by atoms with Crippen molar-refractivity contribution >= 4 is 27.9 Å². The highest BCUT2D eigenvalue weighted by atomic mass is 79.9. The van der Waals surface area contributed by atoms with Gasteiger partial charge in [-0.05, 0) is 62.6 Å². The predicted octanol–water partition coefficient (Wildman–Crippen LogP) is 5.45. The first-order valence-electron chi connectivity index (χ1n) is 7.96. The van der Waals surface area contributed by atoms with E-state index in [2.05, 4.69) is 15.9 Å². The number of hydrogen-bond donors (Lipinski definition) is 1. The minimum absolute atomic E-state index is 0. The zero-order valence-electron chi connectivity index (χ0n) is 14.5. The summed E-state index contributed by atoms with van der Waals surface area (Å²) >= 11 is 3.35. The van der Waals surface area contributed by atoms with Gasteiger partial charge in [-0.2, -0.15) is 0 Å². The summed E-state index contributed by atoms with van der Waals surface area (Å²) in [6.07, 6.45) is 0.353. The number of ether oxygens (including phenoxy) is 1. The molecule has 1 unspecified atom stereocenters. The van der Waals surface area contributed by atoms with Crippen molar-refractivity contribution in [2.24, 2.45) is 0 Å². The molecule has 2 aromatic carbocycles. The van der Waals surface area contributed by atoms with Crippen LogP contribution in [0.2, 0.25) is 0 Å². The first-order valence-corrected chi connectivity index (χ1v) is 8.75. The van der Waals surface area contributed by atoms with Crippen LogP contribution in [-0.4, -0.2) is 22.6 Å². The van der Waals surface area contributed by atoms with Gasteiger partial charge >= 0.3 is 11.9 Å². The number of carbonyl (C=O) groups is 2. The maximum Gasteiger partial charge on any atom is 0.338 e. The largest absolute Gasteiger partial charge is 0.481 e. The van der Waals surface area contributed by atoms with Crippen LogP contribution in [0.25, 0.3) is 0 Å². The van der Waals surface area contributed by atoms with Crippen LogP contribution in [-0.2, 0) is 16.0 Å². The summed E-state index contributed by atoms with van der Waals surface area (Å²) in [7, 11) is 0. The number of aliphatic carboxylic acids is 1. The lowest BCUT2D eigenvalue weighted by Crippen LogP contribution is -2.23. The summed E-state index contributed by atoms with van der Waals surface area (Å²) in [5.74, 6) is -1.90. The van der Waals surface area contributed by atoms with Crippen LogP contribution in [0.4, 0.5) is 0 Å². The number of carboxylic acid groups (broad SMARTS) is 1. The van der Waals surface area contributed by atoms with E-state index in [1.807, 2.05) is 32.9 Å². The fraction of sp³-hybridized carbons (Fsp3) is 0.333. The molecule has 0 saturated heterocycles. The highest BCUT2D eigenvalue weighted by Crippen LogP contribution is 2.24. The molecule has 2 rings (SSSR count). The molecular weight excluding hydrogens is 396 g/mol. The average molecular weight is 421 g/mol. The van der Waals surface area contributed by atoms with Crippen molar-refractivity contribution in [2.75, 3.05) is 0 Å². The van der Waals surface area contributed by atoms with Crippen molar-refractivity contribution in [1.29, 1.82) is 0 Å². The van der Waals surface area contributed by atoms with Crippen LogP contribution in [0, 0.1) is 0 Å². The molecule has 0 spiro atoms. The molecule has 0 heterocycles. The topological polar surface area (TPSA) is 63.6 Å². The van der Waals surface area contributed by atoms with Crippen LogP contribution in [0.3, 0.4) is 0 Å². The molecule has 0 amide bonds. The van der Waals surface area contributed by atoms with Gasteiger partial charge in [0, 0.05) is 4.47 Å². The fourth-order valence-electron chi connectivity index (χ4n) is 2.39. The number of hydrogen-bond acceptors (Lipinski definition) is 3. The van der Waals surface area contributed by atoms with Gasteiger partial charge in [-0.15, -0.1) is 0 Å². The molecular formula is C21H25BrO4. The van der Waals surface area contributed by atoms with E-state index in [4.69, 9.17) is 4.74 Å². The molecule has 1 N–H and O–H groups in total. The first-order chi connectivity index (χ1) is 11.7. The van der Waals surface area contributed by atoms with Gasteiger partial charge < -0.3 is 9.84 Å². The van der Waals surface area contributed by atoms with Crippen molar-refractivity contribution in [2.45, 2.75) is 46.1 Å². The number of benzene rings is 2. The lowest BCUT2D eigenvalue weighted by Gasteiger charge is -2.19. The maximum atomic E-state index is 12.0. The van der Waals surface area contributed by atoms with Crippen molar-refractivity contribution in [3.05, 3.63) is 69.7 Å². The van der Waals surface area contributed by atoms with Gasteiger partial charge in [0.25, 0.3) is 0 Å². The third-order valence-electron chi connectivity index (χ3n) is 3.60. The second-order valence-electron chi connectivity index (χ2n) is 6.85. The van der Waals surface area contributed by atoms with Gasteiger partial charge in [0.15, 0.2) is 0 Å². The van der Waals surface area contributed by atoms with Crippen LogP contribution >= 0.6 is 15.9 Å². The highest BCUT2D eigenvalue weighted by Gasteiger charge is 2.21. The van der Waals surface area contributed by atoms with Gasteiger partial charge in [-0.25, -0.2) is 4.79 Å². The van der Waals surface area contributed by atoms with Gasteiger partial charge in [0.2, 0.25) is 0 Å². The van der Waals surface area contributed by atoms with Gasteiger partial charge in [-0.1, -0.05) is 47.6 Å². The first kappa shape index (κ1) is 21.9. The molecule has 0 saturated carbocycles. The number of halogens is 1. The van der Waals surface area contributed by atoms with Crippen LogP contribution < -0.4 is 0 Å². The summed E-state index contributed by atoms with van der Waals surface area (Å²) in [5, 5.41) is 9.54. The Bertz CT molecular complexity index is 743. The summed E-state index contributed by atoms with van der Waals surface area (Å²) in [4.78, 5) is 23.7. The summed E-state index contributed by atoms with van der Waals surface area (Å²) < 4.78 is 6.23. The molecule has 0 radical (unpaired) electrons. The maximum absolute atomic E-state index is 12.0. The van der Waals surface area contributed by atoms with E-state index in [1.54, 1.807) is 36.4 Å². The van der Waals surface area contributed by atoms with E-state index in [9.17, 15) is 14.7 Å². The number of rotatable bonds is 5. The number of esters is 1. The van der Waals surface area contributed by atoms with Crippen LogP contribution in [0.15, 0.2) is 53.0 Å². The summed E-state index contributed by atoms with van der Waals surface area (Å²) in [6, 6.07) is 14.2. The number of carbonyl (C=O) groups excluding carboxylic acids is 1. The molecule has 1 atom stereocenters. The lowest BCUT2D eigenvalue weighted by molar-refractivity contribution is -0.138. The molecule has 5 heteroatoms. The molecule has 140 valence electrons. The molecule has 0 fully saturated rings. The molecule has 4 nitrogen and oxygen atoms in total. The Morgan fingerprint density at radius 1 is 1.04 bits per heavy atom. The van der Waals surface area contributed by atoms with E-state index in [0.717, 1.165) is 15.6 Å². The second kappa shape index (κ2) is 8.99. The van der Waals surface area contributed by atoms with Crippen LogP contribution in [0.5, 0.6) is 0 Å². The third-order valence-corrected chi connectivity index (χ3v) is 4.13. The molecule has 0 aliphatic heterocycles. The predicted molar refractivity (Wildman–Crippen MR) is 107 cm³/mol. The van der Waals surface area contributed by atoms with Crippen molar-refractivity contribution in [1.82, 2.24) is 0 Å². The average Bonchev–Trinajstić information content (AvgIpc) is 2.52. The SMILES string of the molecule is C.CC(C)(C)OC(=O)c1ccc(CC(C(=O)O)c2ccc(Br)cc2)cc1. The van der Waals surface area contributed by atoms with Gasteiger partial charge in [0.05, 0.1) is 11.5 Å². The normalized spacial score (nSPS) is 12.0. The second-order valence-corrected chi connectivity index (χ2v) is 7.76. The summed E-state index contributed by atoms with van der Waals surface area (Å²) in [6.45, 7) is 5.44. The Morgan fingerprint density at radius 2 is 1.58 bits per heavy atom. The van der Waals surface area contributed by atoms with E-state index < -0.39 is 17.5 Å². The van der Waals surface area contributed by atoms with E-state index >= 15 is 0 Å². The van der Waals surface area contributed by atoms with Gasteiger partial charge in [-0.3, -0.25) is 4.79 Å². The molecule has 2 aromatic rings. The minimum atomic E-state index is -0.876. The van der Waals surface area contributed by atoms with E-state index in [-0.39, 0.29) is 13.4 Å². The Labute approximate surface area is 163 Å². The quantitative estimate of drug-likeness (QED) is 0.652. The Kier molecular flexibility index (Phi) is 7.57. The Balaban J connectivity index is 0.00000338. The van der Waals surface area contributed by atoms with E-state index in [1.165, 1.54) is 0 Å². The van der Waals surface area contributed by atoms with Gasteiger partial charge in [0.1, 0.15) is 5.60 Å². The molecule has 0 aliphatic rings. The highest BCUT2D eigenvalue weighted by molar-refractivity contribution is 9.10. The number of carboxylic acids is 1. The molecule has 0 bridgehead atoms. The Morgan fingerprint density at radius 3 is 2.04 bits per heavy atom. The smallest absolute Gasteiger partial charge is 0.338 e. The zero-order chi connectivity index (χ0) is 18.6. The fourth-order valence-corrected chi connectivity index (χ4v) is 2.66. The molecule has 0 aromatic heterocycles. The van der Waals surface area contributed by atoms with Crippen molar-refractivity contribution < 1.29 is 19.4 Å². The van der Waals surface area contributed by atoms with Crippen molar-refractivity contribution in [3.63, 3.8) is 0 Å². The molecule has 0 aliphatic carbocycles. The standard InChI is InChI=1S/C20H21BrO4.CH4/c1-20(2,3)25-19(24)15-6-4-13(5-7-15)12-17(18(22)23)14-8-10-16(21)11-9-14;/h4-11,17H,12H2,1-3H3,(H,22,23);1H4. The van der Waals surface area contributed by atoms with E-state index in [0.29, 0.717) is 12.0 Å². The minimum Gasteiger partial charge on any atom is -0.481 e. The third kappa shape index (κ3) is 6.30. The Hall–Kier alpha value is -2.14. The lowest BCUT2D eigenvalue weighted by atomic mass is 9.92. The monoisotopic (exact) mass is 420 g/mol. The van der Waals surface area contributed by atoms with Crippen LogP contribution in [0.1, 0.15) is 55.6 Å². The van der Waals surface area contributed by atoms with Crippen molar-refractivity contribution in [3.8, 4) is 0 Å². The summed E-state index contributed by atoms with van der Waals surface area (Å²) in [5.41, 5.74) is 1.50. The zero-order valence-corrected chi connectivity index (χ0v) is 16.0. The molecule has 26 heavy (non-hydrogen) atoms.